The van der Waals surface area contributed by atoms with Crippen LogP contribution >= 0.6 is 11.3 Å². The first-order valence-electron chi connectivity index (χ1n) is 7.84. The topological polar surface area (TPSA) is 54.7 Å². The lowest BCUT2D eigenvalue weighted by molar-refractivity contribution is 0.106. The fraction of sp³-hybridized carbons (Fsp3) is 0.100. The highest BCUT2D eigenvalue weighted by atomic mass is 32.1. The molecule has 0 aliphatic rings. The molecule has 25 heavy (non-hydrogen) atoms. The molecule has 0 aliphatic heterocycles. The Morgan fingerprint density at radius 1 is 0.920 bits per heavy atom. The van der Waals surface area contributed by atoms with Crippen LogP contribution in [0.2, 0.25) is 0 Å². The molecule has 2 aromatic carbocycles. The van der Waals surface area contributed by atoms with Crippen molar-refractivity contribution in [2.24, 2.45) is 10.2 Å². The third-order valence-corrected chi connectivity index (χ3v) is 4.71. The third kappa shape index (κ3) is 3.95. The largest absolute Gasteiger partial charge is 0.287 e. The van der Waals surface area contributed by atoms with Crippen LogP contribution in [-0.2, 0) is 0 Å². The second-order valence-electron chi connectivity index (χ2n) is 5.46. The van der Waals surface area contributed by atoms with Gasteiger partial charge in [-0.15, -0.1) is 16.4 Å². The van der Waals surface area contributed by atoms with Crippen molar-refractivity contribution in [2.75, 3.05) is 0 Å². The Kier molecular flexibility index (Phi) is 5.26. The predicted octanol–water partition coefficient (Wildman–Crippen LogP) is 4.55. The first-order chi connectivity index (χ1) is 12.2. The maximum atomic E-state index is 12.9. The fourth-order valence-corrected chi connectivity index (χ4v) is 3.13. The maximum Gasteiger partial charge on any atom is 0.213 e. The highest BCUT2D eigenvalue weighted by Gasteiger charge is 2.16. The van der Waals surface area contributed by atoms with Gasteiger partial charge < -0.3 is 0 Å². The number of aromatic nitrogens is 1. The highest BCUT2D eigenvalue weighted by molar-refractivity contribution is 7.12. The van der Waals surface area contributed by atoms with E-state index in [0.717, 1.165) is 21.8 Å². The van der Waals surface area contributed by atoms with Crippen molar-refractivity contribution >= 4 is 28.5 Å². The van der Waals surface area contributed by atoms with Gasteiger partial charge in [-0.1, -0.05) is 60.7 Å². The Morgan fingerprint density at radius 3 is 2.08 bits per heavy atom. The number of carbonyl (C=O) groups is 1. The molecule has 0 saturated heterocycles. The molecule has 5 heteroatoms. The summed E-state index contributed by atoms with van der Waals surface area (Å²) in [5.41, 5.74) is 5.10. The lowest BCUT2D eigenvalue weighted by Gasteiger charge is -2.05. The molecule has 3 rings (SSSR count). The molecule has 1 aromatic heterocycles. The Balaban J connectivity index is 2.03. The Labute approximate surface area is 150 Å². The van der Waals surface area contributed by atoms with E-state index in [1.165, 1.54) is 11.3 Å². The van der Waals surface area contributed by atoms with E-state index in [1.807, 2.05) is 62.4 Å². The van der Waals surface area contributed by atoms with Gasteiger partial charge in [0.05, 0.1) is 21.8 Å². The third-order valence-electron chi connectivity index (χ3n) is 3.67. The molecule has 0 amide bonds. The normalized spacial score (nSPS) is 12.2. The van der Waals surface area contributed by atoms with Gasteiger partial charge in [0.25, 0.3) is 0 Å². The molecule has 0 N–H and O–H groups in total. The number of benzene rings is 2. The SMILES string of the molecule is C/C(=N\N=C(\C(=O)c1ccccc1)c1ccccc1)c1scnc1C. The fourth-order valence-electron chi connectivity index (χ4n) is 2.38. The van der Waals surface area contributed by atoms with Crippen LogP contribution in [0.5, 0.6) is 0 Å². The summed E-state index contributed by atoms with van der Waals surface area (Å²) in [6.45, 7) is 3.81. The van der Waals surface area contributed by atoms with Gasteiger partial charge in [-0.25, -0.2) is 4.98 Å². The Hall–Kier alpha value is -2.92. The van der Waals surface area contributed by atoms with E-state index >= 15 is 0 Å². The maximum absolute atomic E-state index is 12.9. The van der Waals surface area contributed by atoms with Crippen LogP contribution in [0.3, 0.4) is 0 Å². The summed E-state index contributed by atoms with van der Waals surface area (Å²) in [6.07, 6.45) is 0. The minimum absolute atomic E-state index is 0.149. The monoisotopic (exact) mass is 347 g/mol. The van der Waals surface area contributed by atoms with E-state index in [1.54, 1.807) is 17.6 Å². The Morgan fingerprint density at radius 2 is 1.52 bits per heavy atom. The first kappa shape index (κ1) is 16.9. The number of ketones is 1. The second kappa shape index (κ2) is 7.77. The van der Waals surface area contributed by atoms with Gasteiger partial charge in [-0.2, -0.15) is 5.10 Å². The lowest BCUT2D eigenvalue weighted by atomic mass is 10.0. The molecule has 0 spiro atoms. The van der Waals surface area contributed by atoms with Crippen LogP contribution < -0.4 is 0 Å². The quantitative estimate of drug-likeness (QED) is 0.386. The smallest absolute Gasteiger partial charge is 0.213 e. The Bertz CT molecular complexity index is 928. The van der Waals surface area contributed by atoms with Gasteiger partial charge in [-0.05, 0) is 13.8 Å². The van der Waals surface area contributed by atoms with Crippen molar-refractivity contribution in [2.45, 2.75) is 13.8 Å². The lowest BCUT2D eigenvalue weighted by Crippen LogP contribution is -2.15. The van der Waals surface area contributed by atoms with E-state index in [2.05, 4.69) is 15.2 Å². The number of hydrogen-bond donors (Lipinski definition) is 0. The van der Waals surface area contributed by atoms with Crippen molar-refractivity contribution in [1.29, 1.82) is 0 Å². The molecule has 0 bridgehead atoms. The van der Waals surface area contributed by atoms with Gasteiger partial charge in [0.1, 0.15) is 5.71 Å². The summed E-state index contributed by atoms with van der Waals surface area (Å²) >= 11 is 1.51. The average Bonchev–Trinajstić information content (AvgIpc) is 3.09. The number of nitrogens with zero attached hydrogens (tertiary/aromatic N) is 3. The molecule has 0 aliphatic carbocycles. The first-order valence-corrected chi connectivity index (χ1v) is 8.72. The van der Waals surface area contributed by atoms with Crippen molar-refractivity contribution in [3.63, 3.8) is 0 Å². The molecular weight excluding hydrogens is 330 g/mol. The van der Waals surface area contributed by atoms with Crippen LogP contribution in [0.15, 0.2) is 76.4 Å². The number of aryl methyl sites for hydroxylation is 1. The second-order valence-corrected chi connectivity index (χ2v) is 6.32. The molecule has 0 saturated carbocycles. The molecule has 0 atom stereocenters. The number of Topliss-reactive ketones (excluding diaryl/α,β-unsaturated/α-hetero) is 1. The summed E-state index contributed by atoms with van der Waals surface area (Å²) in [5, 5.41) is 8.61. The summed E-state index contributed by atoms with van der Waals surface area (Å²) in [7, 11) is 0. The molecule has 3 aromatic rings. The summed E-state index contributed by atoms with van der Waals surface area (Å²) in [6, 6.07) is 18.5. The zero-order valence-electron chi connectivity index (χ0n) is 14.0. The molecular formula is C20H17N3OS. The molecule has 0 fully saturated rings. The van der Waals surface area contributed by atoms with Gasteiger partial charge in [0, 0.05) is 11.1 Å². The molecule has 4 nitrogen and oxygen atoms in total. The van der Waals surface area contributed by atoms with E-state index in [9.17, 15) is 4.79 Å². The van der Waals surface area contributed by atoms with E-state index in [-0.39, 0.29) is 5.78 Å². The molecule has 1 heterocycles. The van der Waals surface area contributed by atoms with Crippen LogP contribution in [0, 0.1) is 6.92 Å². The van der Waals surface area contributed by atoms with Crippen LogP contribution in [0.4, 0.5) is 0 Å². The van der Waals surface area contributed by atoms with Crippen LogP contribution in [0.25, 0.3) is 0 Å². The predicted molar refractivity (Wildman–Crippen MR) is 103 cm³/mol. The number of rotatable bonds is 5. The van der Waals surface area contributed by atoms with E-state index in [0.29, 0.717) is 11.3 Å². The highest BCUT2D eigenvalue weighted by Crippen LogP contribution is 2.14. The van der Waals surface area contributed by atoms with E-state index < -0.39 is 0 Å². The van der Waals surface area contributed by atoms with Gasteiger partial charge in [0.2, 0.25) is 5.78 Å². The van der Waals surface area contributed by atoms with Crippen molar-refractivity contribution < 1.29 is 4.79 Å². The van der Waals surface area contributed by atoms with Crippen LogP contribution in [0.1, 0.15) is 33.4 Å². The summed E-state index contributed by atoms with van der Waals surface area (Å²) in [5.74, 6) is -0.149. The van der Waals surface area contributed by atoms with Crippen molar-refractivity contribution in [1.82, 2.24) is 4.98 Å². The minimum atomic E-state index is -0.149. The molecule has 0 radical (unpaired) electrons. The molecule has 124 valence electrons. The zero-order valence-corrected chi connectivity index (χ0v) is 14.8. The van der Waals surface area contributed by atoms with Crippen molar-refractivity contribution in [3.8, 4) is 0 Å². The van der Waals surface area contributed by atoms with Gasteiger partial charge >= 0.3 is 0 Å². The van der Waals surface area contributed by atoms with Gasteiger partial charge in [-0.3, -0.25) is 4.79 Å². The van der Waals surface area contributed by atoms with Crippen molar-refractivity contribution in [3.05, 3.63) is 87.9 Å². The standard InChI is InChI=1S/C20H17N3OS/c1-14-20(25-13-21-14)15(2)22-23-18(16-9-5-3-6-10-16)19(24)17-11-7-4-8-12-17/h3-13H,1-2H3/b22-15+,23-18+. The number of carbonyl (C=O) groups excluding carboxylic acids is 1. The zero-order chi connectivity index (χ0) is 17.6. The summed E-state index contributed by atoms with van der Waals surface area (Å²) < 4.78 is 0. The average molecular weight is 347 g/mol. The number of hydrogen-bond acceptors (Lipinski definition) is 5. The van der Waals surface area contributed by atoms with E-state index in [4.69, 9.17) is 0 Å². The summed E-state index contributed by atoms with van der Waals surface area (Å²) in [4.78, 5) is 18.1. The number of thiazole rings is 1. The van der Waals surface area contributed by atoms with Crippen LogP contribution in [-0.4, -0.2) is 22.2 Å². The molecule has 0 unspecified atom stereocenters. The minimum Gasteiger partial charge on any atom is -0.287 e. The van der Waals surface area contributed by atoms with Gasteiger partial charge in [0.15, 0.2) is 0 Å².